The van der Waals surface area contributed by atoms with Crippen LogP contribution < -0.4 is 0 Å². The minimum Gasteiger partial charge on any atom is -0.265 e. The fourth-order valence-electron chi connectivity index (χ4n) is 1.46. The van der Waals surface area contributed by atoms with Crippen LogP contribution in [0.1, 0.15) is 45.4 Å². The van der Waals surface area contributed by atoms with Crippen LogP contribution in [-0.4, -0.2) is 30.2 Å². The second-order valence-corrected chi connectivity index (χ2v) is 5.55. The van der Waals surface area contributed by atoms with Crippen molar-refractivity contribution in [2.45, 2.75) is 50.5 Å². The molecule has 0 bridgehead atoms. The second-order valence-electron chi connectivity index (χ2n) is 3.99. The highest BCUT2D eigenvalue weighted by molar-refractivity contribution is 7.86. The first-order valence-electron chi connectivity index (χ1n) is 6.19. The maximum absolute atomic E-state index is 11.6. The number of rotatable bonds is 9. The minimum absolute atomic E-state index is 0.186. The molecule has 0 aliphatic heterocycles. The first-order chi connectivity index (χ1) is 8.67. The van der Waals surface area contributed by atoms with Crippen LogP contribution >= 0.6 is 0 Å². The average Bonchev–Trinajstić information content (AvgIpc) is 2.39. The van der Waals surface area contributed by atoms with E-state index in [0.717, 1.165) is 25.5 Å². The van der Waals surface area contributed by atoms with Crippen LogP contribution in [0, 0.1) is 0 Å². The monoisotopic (exact) mass is 273 g/mol. The van der Waals surface area contributed by atoms with Gasteiger partial charge in [0.1, 0.15) is 6.33 Å². The smallest absolute Gasteiger partial charge is 0.265 e. The maximum atomic E-state index is 11.6. The lowest BCUT2D eigenvalue weighted by molar-refractivity contribution is 0.304. The molecule has 0 unspecified atom stereocenters. The minimum atomic E-state index is -3.79. The SMILES string of the molecule is CCCCCCCCOS(=O)(=O)c1cncnn1. The Morgan fingerprint density at radius 3 is 2.56 bits per heavy atom. The normalized spacial score (nSPS) is 11.6. The van der Waals surface area contributed by atoms with E-state index in [1.54, 1.807) is 0 Å². The zero-order valence-corrected chi connectivity index (χ0v) is 11.4. The van der Waals surface area contributed by atoms with Gasteiger partial charge < -0.3 is 0 Å². The second kappa shape index (κ2) is 8.10. The molecule has 0 N–H and O–H groups in total. The number of unbranched alkanes of at least 4 members (excludes halogenated alkanes) is 5. The highest BCUT2D eigenvalue weighted by Gasteiger charge is 2.17. The summed E-state index contributed by atoms with van der Waals surface area (Å²) in [5.41, 5.74) is 0. The molecule has 7 heteroatoms. The van der Waals surface area contributed by atoms with Gasteiger partial charge in [0.05, 0.1) is 12.8 Å². The molecule has 0 fully saturated rings. The Kier molecular flexibility index (Phi) is 6.74. The van der Waals surface area contributed by atoms with Gasteiger partial charge in [-0.15, -0.1) is 10.2 Å². The lowest BCUT2D eigenvalue weighted by atomic mass is 10.1. The van der Waals surface area contributed by atoms with Crippen molar-refractivity contribution in [1.82, 2.24) is 15.2 Å². The van der Waals surface area contributed by atoms with E-state index in [0.29, 0.717) is 0 Å². The van der Waals surface area contributed by atoms with Crippen molar-refractivity contribution in [2.24, 2.45) is 0 Å². The third-order valence-corrected chi connectivity index (χ3v) is 3.63. The van der Waals surface area contributed by atoms with Gasteiger partial charge in [0.15, 0.2) is 0 Å². The van der Waals surface area contributed by atoms with E-state index < -0.39 is 10.1 Å². The summed E-state index contributed by atoms with van der Waals surface area (Å²) in [5, 5.41) is 6.63. The summed E-state index contributed by atoms with van der Waals surface area (Å²) >= 11 is 0. The van der Waals surface area contributed by atoms with Crippen molar-refractivity contribution in [3.05, 3.63) is 12.5 Å². The standard InChI is InChI=1S/C11H19N3O3S/c1-2-3-4-5-6-7-8-17-18(15,16)11-9-12-10-13-14-11/h9-10H,2-8H2,1H3. The van der Waals surface area contributed by atoms with Crippen LogP contribution in [0.3, 0.4) is 0 Å². The molecule has 0 saturated heterocycles. The molecule has 0 atom stereocenters. The zero-order valence-electron chi connectivity index (χ0n) is 10.6. The van der Waals surface area contributed by atoms with Crippen molar-refractivity contribution in [2.75, 3.05) is 6.61 Å². The van der Waals surface area contributed by atoms with Crippen molar-refractivity contribution in [3.63, 3.8) is 0 Å². The van der Waals surface area contributed by atoms with Gasteiger partial charge in [-0.25, -0.2) is 4.98 Å². The highest BCUT2D eigenvalue weighted by Crippen LogP contribution is 2.09. The molecule has 0 radical (unpaired) electrons. The summed E-state index contributed by atoms with van der Waals surface area (Å²) in [6.07, 6.45) is 8.75. The summed E-state index contributed by atoms with van der Waals surface area (Å²) in [4.78, 5) is 3.60. The predicted octanol–water partition coefficient (Wildman–Crippen LogP) is 1.94. The quantitative estimate of drug-likeness (QED) is 0.505. The topological polar surface area (TPSA) is 82.0 Å². The van der Waals surface area contributed by atoms with Gasteiger partial charge in [-0.05, 0) is 6.42 Å². The molecule has 1 heterocycles. The molecule has 1 aromatic heterocycles. The molecule has 6 nitrogen and oxygen atoms in total. The van der Waals surface area contributed by atoms with E-state index in [2.05, 4.69) is 22.1 Å². The Balaban J connectivity index is 2.23. The van der Waals surface area contributed by atoms with Gasteiger partial charge in [0, 0.05) is 0 Å². The molecule has 18 heavy (non-hydrogen) atoms. The summed E-state index contributed by atoms with van der Waals surface area (Å²) < 4.78 is 28.1. The maximum Gasteiger partial charge on any atom is 0.318 e. The molecule has 0 amide bonds. The van der Waals surface area contributed by atoms with E-state index in [-0.39, 0.29) is 11.6 Å². The number of hydrogen-bond donors (Lipinski definition) is 0. The van der Waals surface area contributed by atoms with Crippen molar-refractivity contribution >= 4 is 10.1 Å². The molecule has 0 aliphatic rings. The van der Waals surface area contributed by atoms with Crippen molar-refractivity contribution < 1.29 is 12.6 Å². The van der Waals surface area contributed by atoms with Gasteiger partial charge in [0.2, 0.25) is 5.03 Å². The first kappa shape index (κ1) is 15.0. The van der Waals surface area contributed by atoms with Crippen LogP contribution in [0.2, 0.25) is 0 Å². The highest BCUT2D eigenvalue weighted by atomic mass is 32.2. The van der Waals surface area contributed by atoms with E-state index in [1.807, 2.05) is 0 Å². The Bertz CT molecular complexity index is 422. The van der Waals surface area contributed by atoms with Gasteiger partial charge in [0.25, 0.3) is 0 Å². The Morgan fingerprint density at radius 1 is 1.17 bits per heavy atom. The van der Waals surface area contributed by atoms with E-state index in [9.17, 15) is 8.42 Å². The van der Waals surface area contributed by atoms with Crippen LogP contribution in [-0.2, 0) is 14.3 Å². The van der Waals surface area contributed by atoms with Crippen LogP contribution in [0.4, 0.5) is 0 Å². The predicted molar refractivity (Wildman–Crippen MR) is 66.3 cm³/mol. The lowest BCUT2D eigenvalue weighted by Crippen LogP contribution is -2.10. The Morgan fingerprint density at radius 2 is 1.89 bits per heavy atom. The fourth-order valence-corrected chi connectivity index (χ4v) is 2.26. The van der Waals surface area contributed by atoms with E-state index in [4.69, 9.17) is 4.18 Å². The third kappa shape index (κ3) is 5.50. The summed E-state index contributed by atoms with van der Waals surface area (Å²) in [5.74, 6) is 0. The molecule has 0 aliphatic carbocycles. The van der Waals surface area contributed by atoms with Gasteiger partial charge in [-0.2, -0.15) is 8.42 Å². The number of aromatic nitrogens is 3. The van der Waals surface area contributed by atoms with Gasteiger partial charge in [-0.3, -0.25) is 4.18 Å². The van der Waals surface area contributed by atoms with Gasteiger partial charge >= 0.3 is 10.1 Å². The van der Waals surface area contributed by atoms with Crippen LogP contribution in [0.15, 0.2) is 17.6 Å². The zero-order chi connectivity index (χ0) is 13.3. The van der Waals surface area contributed by atoms with Crippen LogP contribution in [0.25, 0.3) is 0 Å². The molecule has 0 saturated carbocycles. The molecule has 0 aromatic carbocycles. The molecule has 0 spiro atoms. The molecule has 1 rings (SSSR count). The Hall–Kier alpha value is -1.08. The first-order valence-corrected chi connectivity index (χ1v) is 7.60. The molecular weight excluding hydrogens is 254 g/mol. The number of nitrogens with zero attached hydrogens (tertiary/aromatic N) is 3. The molecular formula is C11H19N3O3S. The van der Waals surface area contributed by atoms with E-state index >= 15 is 0 Å². The summed E-state index contributed by atoms with van der Waals surface area (Å²) in [6.45, 7) is 2.34. The molecule has 1 aromatic rings. The fraction of sp³-hybridized carbons (Fsp3) is 0.727. The average molecular weight is 273 g/mol. The van der Waals surface area contributed by atoms with Crippen LogP contribution in [0.5, 0.6) is 0 Å². The van der Waals surface area contributed by atoms with E-state index in [1.165, 1.54) is 25.6 Å². The third-order valence-electron chi connectivity index (χ3n) is 2.45. The Labute approximate surface area is 108 Å². The largest absolute Gasteiger partial charge is 0.318 e. The number of hydrogen-bond acceptors (Lipinski definition) is 6. The molecule has 102 valence electrons. The van der Waals surface area contributed by atoms with Crippen molar-refractivity contribution in [1.29, 1.82) is 0 Å². The summed E-state index contributed by atoms with van der Waals surface area (Å²) in [6, 6.07) is 0. The lowest BCUT2D eigenvalue weighted by Gasteiger charge is -2.03. The van der Waals surface area contributed by atoms with Crippen molar-refractivity contribution in [3.8, 4) is 0 Å². The van der Waals surface area contributed by atoms with Gasteiger partial charge in [-0.1, -0.05) is 39.0 Å². The summed E-state index contributed by atoms with van der Waals surface area (Å²) in [7, 11) is -3.79.